The van der Waals surface area contributed by atoms with Crippen LogP contribution in [-0.2, 0) is 9.47 Å². The molecule has 0 radical (unpaired) electrons. The molecule has 2 aliphatic rings. The number of nitrogen functional groups attached to an aromatic ring is 1. The van der Waals surface area contributed by atoms with E-state index in [2.05, 4.69) is 20.0 Å². The van der Waals surface area contributed by atoms with E-state index in [-0.39, 0.29) is 11.5 Å². The zero-order valence-electron chi connectivity index (χ0n) is 12.2. The van der Waals surface area contributed by atoms with Gasteiger partial charge in [0.25, 0.3) is 0 Å². The van der Waals surface area contributed by atoms with Crippen molar-refractivity contribution in [1.29, 1.82) is 0 Å². The average Bonchev–Trinajstić information content (AvgIpc) is 3.19. The highest BCUT2D eigenvalue weighted by Crippen LogP contribution is 2.30. The van der Waals surface area contributed by atoms with Gasteiger partial charge in [0.1, 0.15) is 11.4 Å². The lowest BCUT2D eigenvalue weighted by Gasteiger charge is -2.40. The van der Waals surface area contributed by atoms with Crippen LogP contribution in [0.3, 0.4) is 0 Å². The Balaban J connectivity index is 1.64. The molecule has 8 nitrogen and oxygen atoms in total. The minimum atomic E-state index is -0.218. The number of nitrogens with two attached hydrogens (primary N) is 1. The minimum absolute atomic E-state index is 0.218. The maximum absolute atomic E-state index is 5.95. The van der Waals surface area contributed by atoms with Gasteiger partial charge in [-0.1, -0.05) is 0 Å². The van der Waals surface area contributed by atoms with Crippen LogP contribution < -0.4 is 10.6 Å². The van der Waals surface area contributed by atoms with Crippen LogP contribution in [0.4, 0.5) is 11.8 Å². The van der Waals surface area contributed by atoms with E-state index in [0.29, 0.717) is 19.0 Å². The Bertz CT molecular complexity index is 653. The van der Waals surface area contributed by atoms with Crippen LogP contribution >= 0.6 is 0 Å². The number of hydrogen-bond donors (Lipinski definition) is 1. The third kappa shape index (κ3) is 2.40. The van der Waals surface area contributed by atoms with Gasteiger partial charge in [-0.3, -0.25) is 0 Å². The Morgan fingerprint density at radius 2 is 2.14 bits per heavy atom. The van der Waals surface area contributed by atoms with Crippen LogP contribution in [0.25, 0.3) is 5.82 Å². The lowest BCUT2D eigenvalue weighted by Crippen LogP contribution is -2.52. The van der Waals surface area contributed by atoms with Crippen molar-refractivity contribution in [2.45, 2.75) is 12.0 Å². The first kappa shape index (κ1) is 13.5. The molecule has 1 unspecified atom stereocenters. The lowest BCUT2D eigenvalue weighted by molar-refractivity contribution is -0.0581. The molecule has 2 aliphatic heterocycles. The number of ether oxygens (including phenoxy) is 2. The van der Waals surface area contributed by atoms with E-state index < -0.39 is 0 Å². The van der Waals surface area contributed by atoms with Crippen molar-refractivity contribution in [3.8, 4) is 5.82 Å². The Kier molecular flexibility index (Phi) is 3.20. The third-order valence-electron chi connectivity index (χ3n) is 4.10. The van der Waals surface area contributed by atoms with Gasteiger partial charge in [0, 0.05) is 38.0 Å². The second-order valence-electron chi connectivity index (χ2n) is 5.65. The summed E-state index contributed by atoms with van der Waals surface area (Å²) in [7, 11) is 0. The van der Waals surface area contributed by atoms with E-state index in [1.165, 1.54) is 0 Å². The SMILES string of the molecule is Nc1nc(N2CCOC3(CCOC3)C2)cc(-n2cccn2)n1. The van der Waals surface area contributed by atoms with Crippen LogP contribution in [0.2, 0.25) is 0 Å². The second-order valence-corrected chi connectivity index (χ2v) is 5.65. The fourth-order valence-corrected chi connectivity index (χ4v) is 2.99. The predicted octanol–water partition coefficient (Wildman–Crippen LogP) is 0.240. The molecule has 1 spiro atoms. The normalized spacial score (nSPS) is 25.0. The molecule has 4 rings (SSSR count). The van der Waals surface area contributed by atoms with Gasteiger partial charge in [-0.05, 0) is 6.07 Å². The van der Waals surface area contributed by atoms with Gasteiger partial charge < -0.3 is 20.1 Å². The summed E-state index contributed by atoms with van der Waals surface area (Å²) >= 11 is 0. The lowest BCUT2D eigenvalue weighted by atomic mass is 10.0. The molecule has 1 atom stereocenters. The van der Waals surface area contributed by atoms with Crippen LogP contribution in [0.15, 0.2) is 24.5 Å². The molecule has 2 aromatic heterocycles. The topological polar surface area (TPSA) is 91.3 Å². The molecular weight excluding hydrogens is 284 g/mol. The first-order valence-electron chi connectivity index (χ1n) is 7.35. The van der Waals surface area contributed by atoms with Gasteiger partial charge in [-0.15, -0.1) is 0 Å². The van der Waals surface area contributed by atoms with Crippen molar-refractivity contribution in [3.05, 3.63) is 24.5 Å². The van der Waals surface area contributed by atoms with Crippen molar-refractivity contribution < 1.29 is 9.47 Å². The highest BCUT2D eigenvalue weighted by atomic mass is 16.6. The van der Waals surface area contributed by atoms with E-state index in [0.717, 1.165) is 31.9 Å². The summed E-state index contributed by atoms with van der Waals surface area (Å²) in [6.45, 7) is 3.57. The first-order chi connectivity index (χ1) is 10.7. The molecule has 2 fully saturated rings. The quantitative estimate of drug-likeness (QED) is 0.849. The van der Waals surface area contributed by atoms with Crippen LogP contribution in [-0.4, -0.2) is 58.3 Å². The van der Waals surface area contributed by atoms with E-state index in [9.17, 15) is 0 Å². The second kappa shape index (κ2) is 5.22. The number of aromatic nitrogens is 4. The van der Waals surface area contributed by atoms with Crippen molar-refractivity contribution in [2.75, 3.05) is 43.5 Å². The monoisotopic (exact) mass is 302 g/mol. The summed E-state index contributed by atoms with van der Waals surface area (Å²) in [5.41, 5.74) is 5.65. The molecule has 0 aromatic carbocycles. The van der Waals surface area contributed by atoms with Crippen molar-refractivity contribution in [2.24, 2.45) is 0 Å². The molecule has 8 heteroatoms. The fraction of sp³-hybridized carbons (Fsp3) is 0.500. The van der Waals surface area contributed by atoms with Crippen molar-refractivity contribution in [3.63, 3.8) is 0 Å². The van der Waals surface area contributed by atoms with Crippen LogP contribution in [0, 0.1) is 0 Å². The van der Waals surface area contributed by atoms with E-state index in [1.807, 2.05) is 18.3 Å². The van der Waals surface area contributed by atoms with Crippen molar-refractivity contribution >= 4 is 11.8 Å². The summed E-state index contributed by atoms with van der Waals surface area (Å²) in [4.78, 5) is 10.8. The summed E-state index contributed by atoms with van der Waals surface area (Å²) in [6.07, 6.45) is 4.45. The molecule has 0 aliphatic carbocycles. The molecule has 2 saturated heterocycles. The summed E-state index contributed by atoms with van der Waals surface area (Å²) in [6, 6.07) is 3.75. The minimum Gasteiger partial charge on any atom is -0.378 e. The fourth-order valence-electron chi connectivity index (χ4n) is 2.99. The Morgan fingerprint density at radius 1 is 1.23 bits per heavy atom. The maximum atomic E-state index is 5.95. The smallest absolute Gasteiger partial charge is 0.224 e. The van der Waals surface area contributed by atoms with Gasteiger partial charge in [-0.25, -0.2) is 4.68 Å². The van der Waals surface area contributed by atoms with Crippen LogP contribution in [0.1, 0.15) is 6.42 Å². The molecule has 116 valence electrons. The summed E-state index contributed by atoms with van der Waals surface area (Å²) < 4.78 is 13.1. The van der Waals surface area contributed by atoms with Gasteiger partial charge in [0.05, 0.1) is 19.8 Å². The van der Waals surface area contributed by atoms with E-state index in [1.54, 1.807) is 10.9 Å². The molecule has 22 heavy (non-hydrogen) atoms. The molecule has 4 heterocycles. The zero-order valence-corrected chi connectivity index (χ0v) is 12.2. The van der Waals surface area contributed by atoms with Crippen molar-refractivity contribution in [1.82, 2.24) is 19.7 Å². The Labute approximate surface area is 127 Å². The largest absolute Gasteiger partial charge is 0.378 e. The van der Waals surface area contributed by atoms with Gasteiger partial charge in [0.15, 0.2) is 5.82 Å². The highest BCUT2D eigenvalue weighted by molar-refractivity contribution is 5.48. The number of morpholine rings is 1. The van der Waals surface area contributed by atoms with E-state index in [4.69, 9.17) is 15.2 Å². The van der Waals surface area contributed by atoms with Gasteiger partial charge in [0.2, 0.25) is 5.95 Å². The molecule has 2 aromatic rings. The van der Waals surface area contributed by atoms with Crippen LogP contribution in [0.5, 0.6) is 0 Å². The van der Waals surface area contributed by atoms with Gasteiger partial charge >= 0.3 is 0 Å². The molecule has 0 amide bonds. The standard InChI is InChI=1S/C14H18N6O2/c15-13-17-11(8-12(18-13)20-4-1-3-16-20)19-5-7-22-14(9-19)2-6-21-10-14/h1,3-4,8H,2,5-7,9-10H2,(H2,15,17,18). The number of anilines is 2. The zero-order chi connectivity index (χ0) is 15.0. The summed E-state index contributed by atoms with van der Waals surface area (Å²) in [5, 5.41) is 4.19. The molecular formula is C14H18N6O2. The van der Waals surface area contributed by atoms with E-state index >= 15 is 0 Å². The molecule has 2 N–H and O–H groups in total. The molecule has 0 saturated carbocycles. The number of rotatable bonds is 2. The average molecular weight is 302 g/mol. The first-order valence-corrected chi connectivity index (χ1v) is 7.35. The number of nitrogens with zero attached hydrogens (tertiary/aromatic N) is 5. The third-order valence-corrected chi connectivity index (χ3v) is 4.10. The Hall–Kier alpha value is -2.19. The molecule has 0 bridgehead atoms. The summed E-state index contributed by atoms with van der Waals surface area (Å²) in [5.74, 6) is 1.70. The Morgan fingerprint density at radius 3 is 2.91 bits per heavy atom. The maximum Gasteiger partial charge on any atom is 0.224 e. The predicted molar refractivity (Wildman–Crippen MR) is 79.9 cm³/mol. The number of hydrogen-bond acceptors (Lipinski definition) is 7. The highest BCUT2D eigenvalue weighted by Gasteiger charge is 2.40. The van der Waals surface area contributed by atoms with Gasteiger partial charge in [-0.2, -0.15) is 15.1 Å².